The largest absolute Gasteiger partial charge is 0.460 e. The minimum atomic E-state index is 0.481. The van der Waals surface area contributed by atoms with Crippen molar-refractivity contribution in [1.82, 2.24) is 15.5 Å². The molecule has 1 unspecified atom stereocenters. The maximum Gasteiger partial charge on any atom is 0.152 e. The zero-order valence-corrected chi connectivity index (χ0v) is 12.5. The summed E-state index contributed by atoms with van der Waals surface area (Å²) in [6, 6.07) is 4.59. The van der Waals surface area contributed by atoms with Crippen LogP contribution in [0.25, 0.3) is 11.5 Å². The first kappa shape index (κ1) is 13.4. The van der Waals surface area contributed by atoms with Gasteiger partial charge in [-0.05, 0) is 43.7 Å². The molecule has 20 heavy (non-hydrogen) atoms. The second-order valence-electron chi connectivity index (χ2n) is 6.67. The molecule has 0 bridgehead atoms. The van der Waals surface area contributed by atoms with Gasteiger partial charge in [-0.3, -0.25) is 5.10 Å². The summed E-state index contributed by atoms with van der Waals surface area (Å²) in [6.45, 7) is 7.50. The van der Waals surface area contributed by atoms with Gasteiger partial charge in [-0.2, -0.15) is 5.10 Å². The number of aryl methyl sites for hydroxylation is 1. The monoisotopic (exact) mass is 273 g/mol. The Kier molecular flexibility index (Phi) is 3.42. The van der Waals surface area contributed by atoms with Crippen LogP contribution in [0.4, 0.5) is 0 Å². The van der Waals surface area contributed by atoms with Gasteiger partial charge in [0, 0.05) is 18.2 Å². The second kappa shape index (κ2) is 5.09. The molecule has 1 atom stereocenters. The highest BCUT2D eigenvalue weighted by molar-refractivity contribution is 5.56. The van der Waals surface area contributed by atoms with E-state index >= 15 is 0 Å². The van der Waals surface area contributed by atoms with E-state index in [1.165, 1.54) is 24.8 Å². The fourth-order valence-corrected chi connectivity index (χ4v) is 3.09. The number of H-pyrrole nitrogens is 1. The fourth-order valence-electron chi connectivity index (χ4n) is 3.09. The van der Waals surface area contributed by atoms with Crippen LogP contribution in [0, 0.1) is 12.3 Å². The summed E-state index contributed by atoms with van der Waals surface area (Å²) < 4.78 is 5.67. The zero-order valence-electron chi connectivity index (χ0n) is 12.5. The van der Waals surface area contributed by atoms with Crippen LogP contribution in [-0.2, 0) is 6.54 Å². The quantitative estimate of drug-likeness (QED) is 0.894. The van der Waals surface area contributed by atoms with E-state index in [1.54, 1.807) is 0 Å². The maximum absolute atomic E-state index is 5.67. The van der Waals surface area contributed by atoms with Gasteiger partial charge in [-0.25, -0.2) is 0 Å². The van der Waals surface area contributed by atoms with E-state index in [1.807, 2.05) is 25.3 Å². The maximum atomic E-state index is 5.67. The lowest BCUT2D eigenvalue weighted by Gasteiger charge is -2.17. The number of hydrogen-bond acceptors (Lipinski definition) is 3. The van der Waals surface area contributed by atoms with Crippen molar-refractivity contribution in [3.63, 3.8) is 0 Å². The van der Waals surface area contributed by atoms with Crippen LogP contribution in [0.15, 0.2) is 22.7 Å². The Balaban J connectivity index is 1.66. The van der Waals surface area contributed by atoms with Gasteiger partial charge < -0.3 is 9.73 Å². The molecule has 108 valence electrons. The van der Waals surface area contributed by atoms with Gasteiger partial charge in [0.05, 0.1) is 6.20 Å². The number of aromatic amines is 1. The lowest BCUT2D eigenvalue weighted by Crippen LogP contribution is -2.26. The molecule has 0 aliphatic heterocycles. The Hall–Kier alpha value is -1.55. The van der Waals surface area contributed by atoms with Crippen molar-refractivity contribution in [3.05, 3.63) is 29.7 Å². The highest BCUT2D eigenvalue weighted by Gasteiger charge is 2.30. The van der Waals surface area contributed by atoms with E-state index in [9.17, 15) is 0 Å². The standard InChI is InChI=1S/C16H23N3O/c1-11-4-5-14(20-11)15-12(10-18-19-15)9-17-13-6-7-16(2,3)8-13/h4-5,10,13,17H,6-9H2,1-3H3,(H,18,19). The van der Waals surface area contributed by atoms with Gasteiger partial charge in [0.2, 0.25) is 0 Å². The molecular weight excluding hydrogens is 250 g/mol. The lowest BCUT2D eigenvalue weighted by atomic mass is 9.92. The highest BCUT2D eigenvalue weighted by atomic mass is 16.3. The third-order valence-electron chi connectivity index (χ3n) is 4.25. The van der Waals surface area contributed by atoms with Crippen molar-refractivity contribution in [2.75, 3.05) is 0 Å². The van der Waals surface area contributed by atoms with Crippen molar-refractivity contribution in [1.29, 1.82) is 0 Å². The van der Waals surface area contributed by atoms with Crippen LogP contribution >= 0.6 is 0 Å². The summed E-state index contributed by atoms with van der Waals surface area (Å²) >= 11 is 0. The molecule has 2 aromatic rings. The molecule has 1 aliphatic carbocycles. The van der Waals surface area contributed by atoms with Crippen molar-refractivity contribution in [3.8, 4) is 11.5 Å². The molecule has 0 spiro atoms. The van der Waals surface area contributed by atoms with Crippen LogP contribution in [0.3, 0.4) is 0 Å². The lowest BCUT2D eigenvalue weighted by molar-refractivity contribution is 0.364. The Bertz CT molecular complexity index is 582. The smallest absolute Gasteiger partial charge is 0.152 e. The molecule has 4 nitrogen and oxygen atoms in total. The molecule has 0 saturated heterocycles. The molecular formula is C16H23N3O. The molecule has 4 heteroatoms. The van der Waals surface area contributed by atoms with Crippen molar-refractivity contribution in [2.45, 2.75) is 52.6 Å². The summed E-state index contributed by atoms with van der Waals surface area (Å²) in [5, 5.41) is 10.9. The molecule has 2 heterocycles. The average molecular weight is 273 g/mol. The highest BCUT2D eigenvalue weighted by Crippen LogP contribution is 2.37. The molecule has 0 radical (unpaired) electrons. The zero-order chi connectivity index (χ0) is 14.2. The van der Waals surface area contributed by atoms with E-state index in [-0.39, 0.29) is 0 Å². The summed E-state index contributed by atoms with van der Waals surface area (Å²) in [6.07, 6.45) is 5.71. The van der Waals surface area contributed by atoms with Crippen molar-refractivity contribution >= 4 is 0 Å². The summed E-state index contributed by atoms with van der Waals surface area (Å²) in [7, 11) is 0. The first-order chi connectivity index (χ1) is 9.53. The molecule has 1 aliphatic rings. The normalized spacial score (nSPS) is 21.4. The number of hydrogen-bond donors (Lipinski definition) is 2. The third kappa shape index (κ3) is 2.80. The Morgan fingerprint density at radius 2 is 2.30 bits per heavy atom. The molecule has 2 N–H and O–H groups in total. The Labute approximate surface area is 120 Å². The van der Waals surface area contributed by atoms with Gasteiger partial charge in [-0.1, -0.05) is 13.8 Å². The minimum Gasteiger partial charge on any atom is -0.460 e. The van der Waals surface area contributed by atoms with Gasteiger partial charge in [0.25, 0.3) is 0 Å². The molecule has 1 saturated carbocycles. The van der Waals surface area contributed by atoms with Crippen LogP contribution in [0.1, 0.15) is 44.4 Å². The fraction of sp³-hybridized carbons (Fsp3) is 0.562. The van der Waals surface area contributed by atoms with E-state index in [0.29, 0.717) is 11.5 Å². The topological polar surface area (TPSA) is 53.9 Å². The van der Waals surface area contributed by atoms with E-state index in [4.69, 9.17) is 4.42 Å². The number of aromatic nitrogens is 2. The minimum absolute atomic E-state index is 0.481. The third-order valence-corrected chi connectivity index (χ3v) is 4.25. The first-order valence-corrected chi connectivity index (χ1v) is 7.36. The number of rotatable bonds is 4. The van der Waals surface area contributed by atoms with Crippen LogP contribution in [-0.4, -0.2) is 16.2 Å². The van der Waals surface area contributed by atoms with Crippen molar-refractivity contribution < 1.29 is 4.42 Å². The number of nitrogens with one attached hydrogen (secondary N) is 2. The van der Waals surface area contributed by atoms with Gasteiger partial charge >= 0.3 is 0 Å². The molecule has 0 amide bonds. The van der Waals surface area contributed by atoms with Crippen LogP contribution in [0.5, 0.6) is 0 Å². The predicted octanol–water partition coefficient (Wildman–Crippen LogP) is 3.65. The second-order valence-corrected chi connectivity index (χ2v) is 6.67. The van der Waals surface area contributed by atoms with Gasteiger partial charge in [-0.15, -0.1) is 0 Å². The SMILES string of the molecule is Cc1ccc(-c2[nH]ncc2CNC2CCC(C)(C)C2)o1. The molecule has 1 fully saturated rings. The Morgan fingerprint density at radius 1 is 1.45 bits per heavy atom. The van der Waals surface area contributed by atoms with E-state index in [2.05, 4.69) is 29.4 Å². The molecule has 0 aromatic carbocycles. The first-order valence-electron chi connectivity index (χ1n) is 7.36. The van der Waals surface area contributed by atoms with E-state index < -0.39 is 0 Å². The molecule has 2 aromatic heterocycles. The number of furan rings is 1. The van der Waals surface area contributed by atoms with Crippen LogP contribution < -0.4 is 5.32 Å². The molecule has 3 rings (SSSR count). The van der Waals surface area contributed by atoms with Gasteiger partial charge in [0.15, 0.2) is 5.76 Å². The summed E-state index contributed by atoms with van der Waals surface area (Å²) in [5.41, 5.74) is 2.64. The van der Waals surface area contributed by atoms with E-state index in [0.717, 1.165) is 23.8 Å². The average Bonchev–Trinajstić information content (AvgIpc) is 3.06. The van der Waals surface area contributed by atoms with Crippen molar-refractivity contribution in [2.24, 2.45) is 5.41 Å². The summed E-state index contributed by atoms with van der Waals surface area (Å²) in [4.78, 5) is 0. The predicted molar refractivity (Wildman–Crippen MR) is 79.3 cm³/mol. The van der Waals surface area contributed by atoms with Crippen LogP contribution in [0.2, 0.25) is 0 Å². The number of nitrogens with zero attached hydrogens (tertiary/aromatic N) is 1. The van der Waals surface area contributed by atoms with Gasteiger partial charge in [0.1, 0.15) is 11.5 Å². The summed E-state index contributed by atoms with van der Waals surface area (Å²) in [5.74, 6) is 1.79. The Morgan fingerprint density at radius 3 is 2.95 bits per heavy atom.